The molecule has 0 amide bonds. The van der Waals surface area contributed by atoms with Crippen LogP contribution in [0.5, 0.6) is 11.8 Å². The minimum Gasteiger partial charge on any atom is -0.492 e. The summed E-state index contributed by atoms with van der Waals surface area (Å²) in [5.41, 5.74) is 1.60. The quantitative estimate of drug-likeness (QED) is 0.690. The first-order valence-electron chi connectivity index (χ1n) is 7.99. The number of aromatic hydroxyl groups is 2. The number of carbonyl (C=O) groups is 2. The van der Waals surface area contributed by atoms with Gasteiger partial charge in [-0.3, -0.25) is 4.79 Å². The van der Waals surface area contributed by atoms with Crippen molar-refractivity contribution in [1.29, 1.82) is 0 Å². The zero-order valence-electron chi connectivity index (χ0n) is 14.0. The van der Waals surface area contributed by atoms with E-state index in [1.54, 1.807) is 55.5 Å². The Morgan fingerprint density at radius 1 is 0.885 bits per heavy atom. The van der Waals surface area contributed by atoms with E-state index in [-0.39, 0.29) is 5.78 Å². The standard InChI is InChI=1S/C20H17NO5/c1-13(20(25)26-21-17(22)10-11-18(21)23)15-8-5-9-16(12-15)19(24)14-6-3-2-4-7-14/h2-13,22-23H,1H3. The second kappa shape index (κ2) is 7.14. The number of hydrogen-bond donors (Lipinski definition) is 2. The van der Waals surface area contributed by atoms with Crippen LogP contribution < -0.4 is 4.84 Å². The van der Waals surface area contributed by atoms with Gasteiger partial charge in [0.05, 0.1) is 5.92 Å². The first-order valence-corrected chi connectivity index (χ1v) is 7.99. The molecule has 1 heterocycles. The van der Waals surface area contributed by atoms with E-state index >= 15 is 0 Å². The lowest BCUT2D eigenvalue weighted by Crippen LogP contribution is -2.24. The summed E-state index contributed by atoms with van der Waals surface area (Å²) in [6.45, 7) is 1.62. The van der Waals surface area contributed by atoms with E-state index in [9.17, 15) is 19.8 Å². The summed E-state index contributed by atoms with van der Waals surface area (Å²) in [5, 5.41) is 19.1. The maximum Gasteiger partial charge on any atom is 0.340 e. The van der Waals surface area contributed by atoms with Crippen LogP contribution in [-0.2, 0) is 4.79 Å². The number of rotatable bonds is 5. The lowest BCUT2D eigenvalue weighted by atomic mass is 9.96. The number of ketones is 1. The topological polar surface area (TPSA) is 88.8 Å². The summed E-state index contributed by atoms with van der Waals surface area (Å²) < 4.78 is 0.637. The second-order valence-electron chi connectivity index (χ2n) is 5.80. The zero-order valence-corrected chi connectivity index (χ0v) is 14.0. The van der Waals surface area contributed by atoms with Crippen LogP contribution in [0.1, 0.15) is 34.3 Å². The van der Waals surface area contributed by atoms with Crippen LogP contribution in [0.2, 0.25) is 0 Å². The number of benzene rings is 2. The predicted octanol–water partition coefficient (Wildman–Crippen LogP) is 2.89. The molecule has 0 spiro atoms. The summed E-state index contributed by atoms with van der Waals surface area (Å²) in [4.78, 5) is 29.9. The molecule has 0 saturated carbocycles. The fraction of sp³-hybridized carbons (Fsp3) is 0.100. The third-order valence-corrected chi connectivity index (χ3v) is 4.02. The van der Waals surface area contributed by atoms with Gasteiger partial charge in [0.25, 0.3) is 0 Å². The SMILES string of the molecule is CC(C(=O)On1c(O)ccc1O)c1cccc(C(=O)c2ccccc2)c1. The van der Waals surface area contributed by atoms with Crippen LogP contribution in [0, 0.1) is 0 Å². The Bertz CT molecular complexity index is 926. The highest BCUT2D eigenvalue weighted by Gasteiger charge is 2.21. The Morgan fingerprint density at radius 3 is 2.15 bits per heavy atom. The minimum absolute atomic E-state index is 0.145. The molecular formula is C20H17NO5. The van der Waals surface area contributed by atoms with Crippen LogP contribution in [0.25, 0.3) is 0 Å². The Kier molecular flexibility index (Phi) is 4.75. The van der Waals surface area contributed by atoms with Gasteiger partial charge in [-0.15, -0.1) is 4.73 Å². The van der Waals surface area contributed by atoms with Gasteiger partial charge < -0.3 is 15.1 Å². The molecule has 2 N–H and O–H groups in total. The van der Waals surface area contributed by atoms with Crippen molar-refractivity contribution >= 4 is 11.8 Å². The lowest BCUT2D eigenvalue weighted by molar-refractivity contribution is -0.146. The fourth-order valence-corrected chi connectivity index (χ4v) is 2.51. The highest BCUT2D eigenvalue weighted by Crippen LogP contribution is 2.23. The van der Waals surface area contributed by atoms with E-state index in [2.05, 4.69) is 0 Å². The van der Waals surface area contributed by atoms with Gasteiger partial charge >= 0.3 is 5.97 Å². The van der Waals surface area contributed by atoms with E-state index < -0.39 is 23.6 Å². The van der Waals surface area contributed by atoms with Gasteiger partial charge in [-0.2, -0.15) is 0 Å². The van der Waals surface area contributed by atoms with Crippen molar-refractivity contribution < 1.29 is 24.6 Å². The van der Waals surface area contributed by atoms with Crippen molar-refractivity contribution in [1.82, 2.24) is 4.73 Å². The fourth-order valence-electron chi connectivity index (χ4n) is 2.51. The van der Waals surface area contributed by atoms with Gasteiger partial charge in [0.15, 0.2) is 5.78 Å². The lowest BCUT2D eigenvalue weighted by Gasteiger charge is -2.13. The largest absolute Gasteiger partial charge is 0.492 e. The molecule has 0 aliphatic rings. The molecule has 0 bridgehead atoms. The van der Waals surface area contributed by atoms with Gasteiger partial charge in [-0.25, -0.2) is 4.79 Å². The minimum atomic E-state index is -0.709. The zero-order chi connectivity index (χ0) is 18.7. The average molecular weight is 351 g/mol. The summed E-state index contributed by atoms with van der Waals surface area (Å²) in [5.74, 6) is -2.32. The molecular weight excluding hydrogens is 334 g/mol. The van der Waals surface area contributed by atoms with Crippen LogP contribution in [-0.4, -0.2) is 26.7 Å². The van der Waals surface area contributed by atoms with Crippen molar-refractivity contribution in [3.63, 3.8) is 0 Å². The van der Waals surface area contributed by atoms with Crippen molar-refractivity contribution in [3.05, 3.63) is 83.4 Å². The summed E-state index contributed by atoms with van der Waals surface area (Å²) in [6.07, 6.45) is 0. The van der Waals surface area contributed by atoms with E-state index in [4.69, 9.17) is 4.84 Å². The van der Waals surface area contributed by atoms with E-state index in [1.165, 1.54) is 12.1 Å². The van der Waals surface area contributed by atoms with E-state index in [0.29, 0.717) is 21.4 Å². The predicted molar refractivity (Wildman–Crippen MR) is 94.1 cm³/mol. The van der Waals surface area contributed by atoms with Crippen LogP contribution in [0.4, 0.5) is 0 Å². The number of nitrogens with zero attached hydrogens (tertiary/aromatic N) is 1. The second-order valence-corrected chi connectivity index (χ2v) is 5.80. The Balaban J connectivity index is 1.81. The molecule has 0 radical (unpaired) electrons. The molecule has 3 aromatic rings. The molecule has 0 fully saturated rings. The normalized spacial score (nSPS) is 11.7. The third-order valence-electron chi connectivity index (χ3n) is 4.02. The monoisotopic (exact) mass is 351 g/mol. The molecule has 1 aromatic heterocycles. The molecule has 0 saturated heterocycles. The Hall–Kier alpha value is -3.54. The summed E-state index contributed by atoms with van der Waals surface area (Å²) in [7, 11) is 0. The smallest absolute Gasteiger partial charge is 0.340 e. The summed E-state index contributed by atoms with van der Waals surface area (Å²) in [6, 6.07) is 18.0. The Morgan fingerprint density at radius 2 is 1.50 bits per heavy atom. The third kappa shape index (κ3) is 3.44. The van der Waals surface area contributed by atoms with Gasteiger partial charge in [-0.1, -0.05) is 48.5 Å². The maximum absolute atomic E-state index is 12.6. The molecule has 3 rings (SSSR count). The van der Waals surface area contributed by atoms with Crippen molar-refractivity contribution in [2.75, 3.05) is 0 Å². The van der Waals surface area contributed by atoms with Crippen LogP contribution >= 0.6 is 0 Å². The maximum atomic E-state index is 12.6. The van der Waals surface area contributed by atoms with Gasteiger partial charge in [-0.05, 0) is 18.6 Å². The number of aromatic nitrogens is 1. The Labute approximate surface area is 149 Å². The van der Waals surface area contributed by atoms with Gasteiger partial charge in [0, 0.05) is 23.3 Å². The molecule has 0 aliphatic heterocycles. The van der Waals surface area contributed by atoms with Crippen LogP contribution in [0.15, 0.2) is 66.7 Å². The molecule has 1 unspecified atom stereocenters. The molecule has 132 valence electrons. The van der Waals surface area contributed by atoms with E-state index in [0.717, 1.165) is 0 Å². The first-order chi connectivity index (χ1) is 12.5. The van der Waals surface area contributed by atoms with Crippen LogP contribution in [0.3, 0.4) is 0 Å². The summed E-state index contributed by atoms with van der Waals surface area (Å²) >= 11 is 0. The van der Waals surface area contributed by atoms with Crippen molar-refractivity contribution in [2.45, 2.75) is 12.8 Å². The van der Waals surface area contributed by atoms with Crippen molar-refractivity contribution in [3.8, 4) is 11.8 Å². The van der Waals surface area contributed by atoms with Crippen molar-refractivity contribution in [2.24, 2.45) is 0 Å². The highest BCUT2D eigenvalue weighted by molar-refractivity contribution is 6.09. The van der Waals surface area contributed by atoms with E-state index in [1.807, 2.05) is 6.07 Å². The van der Waals surface area contributed by atoms with Gasteiger partial charge in [0.1, 0.15) is 0 Å². The molecule has 26 heavy (non-hydrogen) atoms. The molecule has 6 heteroatoms. The first kappa shape index (κ1) is 17.3. The highest BCUT2D eigenvalue weighted by atomic mass is 16.7. The molecule has 1 atom stereocenters. The number of carbonyl (C=O) groups excluding carboxylic acids is 2. The molecule has 0 aliphatic carbocycles. The number of hydrogen-bond acceptors (Lipinski definition) is 5. The molecule has 6 nitrogen and oxygen atoms in total. The van der Waals surface area contributed by atoms with Gasteiger partial charge in [0.2, 0.25) is 11.8 Å². The molecule has 2 aromatic carbocycles. The average Bonchev–Trinajstić information content (AvgIpc) is 2.99.